The number of carbonyl (C=O) groups is 1. The van der Waals surface area contributed by atoms with Gasteiger partial charge in [-0.2, -0.15) is 0 Å². The number of carbonyl (C=O) groups excluding carboxylic acids is 2. The number of ether oxygens (including phenoxy) is 2. The molecule has 6 nitrogen and oxygen atoms in total. The molecule has 0 atom stereocenters. The van der Waals surface area contributed by atoms with E-state index in [0.717, 1.165) is 50.4 Å². The van der Waals surface area contributed by atoms with Crippen LogP contribution in [0.3, 0.4) is 0 Å². The summed E-state index contributed by atoms with van der Waals surface area (Å²) >= 11 is 0. The van der Waals surface area contributed by atoms with Crippen molar-refractivity contribution in [2.75, 3.05) is 7.11 Å². The molecular weight excluding hydrogens is 356 g/mol. The first-order valence-corrected chi connectivity index (χ1v) is 10.4. The monoisotopic (exact) mass is 386 g/mol. The molecule has 0 aliphatic heterocycles. The Morgan fingerprint density at radius 2 is 1.64 bits per heavy atom. The third kappa shape index (κ3) is 5.83. The van der Waals surface area contributed by atoms with Gasteiger partial charge in [-0.25, -0.2) is 14.6 Å². The van der Waals surface area contributed by atoms with Crippen LogP contribution in [0.25, 0.3) is 0 Å². The Morgan fingerprint density at radius 3 is 2.25 bits per heavy atom. The molecule has 3 rings (SSSR count). The maximum atomic E-state index is 12.2. The van der Waals surface area contributed by atoms with Gasteiger partial charge in [-0.05, 0) is 81.8 Å². The molecule has 1 amide bonds. The van der Waals surface area contributed by atoms with Gasteiger partial charge in [0.15, 0.2) is 11.5 Å². The van der Waals surface area contributed by atoms with E-state index in [0.29, 0.717) is 11.5 Å². The molecule has 0 bridgehead atoms. The number of para-hydroxylation sites is 2. The van der Waals surface area contributed by atoms with E-state index in [-0.39, 0.29) is 12.1 Å². The van der Waals surface area contributed by atoms with Gasteiger partial charge in [-0.1, -0.05) is 12.1 Å². The molecule has 1 N–H and O–H groups in total. The standard InChI is InChI=1S/C22H30N2O4/c1-27-20-4-2-3-5-21(20)28-22(26)24-19-12-8-17(9-13-19)14-16-6-10-18(11-7-16)23-15-25/h2-5,16-19H,6-14H2,1H3,(H,24,26). The van der Waals surface area contributed by atoms with Crippen molar-refractivity contribution in [1.29, 1.82) is 0 Å². The number of hydrogen-bond acceptors (Lipinski definition) is 5. The number of hydrogen-bond donors (Lipinski definition) is 1. The summed E-state index contributed by atoms with van der Waals surface area (Å²) in [4.78, 5) is 26.5. The summed E-state index contributed by atoms with van der Waals surface area (Å²) in [6.07, 6.45) is 11.2. The summed E-state index contributed by atoms with van der Waals surface area (Å²) in [5.41, 5.74) is 0. The van der Waals surface area contributed by atoms with Crippen molar-refractivity contribution in [3.63, 3.8) is 0 Å². The molecule has 6 heteroatoms. The van der Waals surface area contributed by atoms with E-state index in [9.17, 15) is 9.59 Å². The van der Waals surface area contributed by atoms with Crippen molar-refractivity contribution >= 4 is 12.2 Å². The third-order valence-corrected chi connectivity index (χ3v) is 6.16. The van der Waals surface area contributed by atoms with Crippen LogP contribution in [0, 0.1) is 11.8 Å². The second kappa shape index (κ2) is 10.3. The maximum absolute atomic E-state index is 12.2. The molecule has 1 aromatic rings. The van der Waals surface area contributed by atoms with Crippen molar-refractivity contribution in [3.8, 4) is 11.5 Å². The van der Waals surface area contributed by atoms with Gasteiger partial charge in [0.2, 0.25) is 6.08 Å². The summed E-state index contributed by atoms with van der Waals surface area (Å²) in [7, 11) is 1.56. The largest absolute Gasteiger partial charge is 0.493 e. The van der Waals surface area contributed by atoms with Crippen LogP contribution in [-0.4, -0.2) is 31.4 Å². The highest BCUT2D eigenvalue weighted by atomic mass is 16.6. The van der Waals surface area contributed by atoms with E-state index in [4.69, 9.17) is 9.47 Å². The quantitative estimate of drug-likeness (QED) is 0.571. The minimum Gasteiger partial charge on any atom is -0.493 e. The molecule has 28 heavy (non-hydrogen) atoms. The van der Waals surface area contributed by atoms with Gasteiger partial charge in [0.25, 0.3) is 0 Å². The molecule has 1 aromatic carbocycles. The van der Waals surface area contributed by atoms with Crippen LogP contribution < -0.4 is 14.8 Å². The average molecular weight is 386 g/mol. The van der Waals surface area contributed by atoms with Crippen LogP contribution in [0.2, 0.25) is 0 Å². The topological polar surface area (TPSA) is 77.0 Å². The Balaban J connectivity index is 1.37. The summed E-state index contributed by atoms with van der Waals surface area (Å²) in [5, 5.41) is 3.00. The Hall–Kier alpha value is -2.33. The summed E-state index contributed by atoms with van der Waals surface area (Å²) in [6.45, 7) is 0. The van der Waals surface area contributed by atoms with E-state index in [1.54, 1.807) is 25.3 Å². The summed E-state index contributed by atoms with van der Waals surface area (Å²) < 4.78 is 10.6. The van der Waals surface area contributed by atoms with Crippen molar-refractivity contribution in [2.45, 2.75) is 69.9 Å². The lowest BCUT2D eigenvalue weighted by Gasteiger charge is -2.33. The minimum absolute atomic E-state index is 0.177. The first-order chi connectivity index (χ1) is 13.7. The predicted octanol–water partition coefficient (Wildman–Crippen LogP) is 4.63. The fourth-order valence-electron chi connectivity index (χ4n) is 4.60. The number of nitrogens with zero attached hydrogens (tertiary/aromatic N) is 1. The lowest BCUT2D eigenvalue weighted by Crippen LogP contribution is -2.39. The van der Waals surface area contributed by atoms with Crippen LogP contribution in [0.15, 0.2) is 29.3 Å². The Labute approximate surface area is 166 Å². The molecule has 0 radical (unpaired) electrons. The van der Waals surface area contributed by atoms with Crippen LogP contribution in [0.5, 0.6) is 11.5 Å². The summed E-state index contributed by atoms with van der Waals surface area (Å²) in [6, 6.07) is 7.53. The molecule has 2 aliphatic rings. The number of amides is 1. The third-order valence-electron chi connectivity index (χ3n) is 6.16. The SMILES string of the molecule is COc1ccccc1OC(=O)NC1CCC(CC2CCC(N=C=O)CC2)CC1. The normalized spacial score (nSPS) is 27.3. The number of aliphatic imine (C=N–C) groups is 1. The zero-order valence-corrected chi connectivity index (χ0v) is 16.6. The number of nitrogens with one attached hydrogen (secondary N) is 1. The molecular formula is C22H30N2O4. The van der Waals surface area contributed by atoms with Crippen molar-refractivity contribution in [2.24, 2.45) is 16.8 Å². The van der Waals surface area contributed by atoms with E-state index >= 15 is 0 Å². The average Bonchev–Trinajstić information content (AvgIpc) is 2.71. The van der Waals surface area contributed by atoms with Crippen molar-refractivity contribution in [3.05, 3.63) is 24.3 Å². The second-order valence-corrected chi connectivity index (χ2v) is 8.03. The van der Waals surface area contributed by atoms with Crippen molar-refractivity contribution in [1.82, 2.24) is 5.32 Å². The molecule has 0 saturated heterocycles. The van der Waals surface area contributed by atoms with Gasteiger partial charge in [0, 0.05) is 6.04 Å². The molecule has 2 saturated carbocycles. The van der Waals surface area contributed by atoms with E-state index in [2.05, 4.69) is 10.3 Å². The lowest BCUT2D eigenvalue weighted by atomic mass is 9.76. The van der Waals surface area contributed by atoms with Gasteiger partial charge in [0.05, 0.1) is 13.2 Å². The second-order valence-electron chi connectivity index (χ2n) is 8.03. The summed E-state index contributed by atoms with van der Waals surface area (Å²) in [5.74, 6) is 2.48. The smallest absolute Gasteiger partial charge is 0.412 e. The zero-order valence-electron chi connectivity index (χ0n) is 16.6. The molecule has 152 valence electrons. The number of rotatable bonds is 6. The van der Waals surface area contributed by atoms with E-state index in [1.165, 1.54) is 19.3 Å². The molecule has 2 fully saturated rings. The zero-order chi connectivity index (χ0) is 19.8. The molecule has 0 heterocycles. The lowest BCUT2D eigenvalue weighted by molar-refractivity contribution is 0.180. The highest BCUT2D eigenvalue weighted by Crippen LogP contribution is 2.36. The maximum Gasteiger partial charge on any atom is 0.412 e. The Kier molecular flexibility index (Phi) is 7.49. The highest BCUT2D eigenvalue weighted by molar-refractivity contribution is 5.71. The fraction of sp³-hybridized carbons (Fsp3) is 0.636. The van der Waals surface area contributed by atoms with Gasteiger partial charge in [-0.15, -0.1) is 0 Å². The molecule has 0 unspecified atom stereocenters. The highest BCUT2D eigenvalue weighted by Gasteiger charge is 2.27. The predicted molar refractivity (Wildman–Crippen MR) is 106 cm³/mol. The van der Waals surface area contributed by atoms with Gasteiger partial charge in [-0.3, -0.25) is 0 Å². The number of methoxy groups -OCH3 is 1. The van der Waals surface area contributed by atoms with Gasteiger partial charge < -0.3 is 14.8 Å². The Bertz CT molecular complexity index is 686. The van der Waals surface area contributed by atoms with Gasteiger partial charge >= 0.3 is 6.09 Å². The van der Waals surface area contributed by atoms with Crippen LogP contribution in [-0.2, 0) is 4.79 Å². The first kappa shape index (κ1) is 20.4. The van der Waals surface area contributed by atoms with Gasteiger partial charge in [0.1, 0.15) is 0 Å². The van der Waals surface area contributed by atoms with E-state index in [1.807, 2.05) is 12.1 Å². The molecule has 2 aliphatic carbocycles. The van der Waals surface area contributed by atoms with Crippen LogP contribution in [0.1, 0.15) is 57.8 Å². The molecule has 0 aromatic heterocycles. The van der Waals surface area contributed by atoms with E-state index < -0.39 is 6.09 Å². The van der Waals surface area contributed by atoms with Crippen molar-refractivity contribution < 1.29 is 19.1 Å². The number of isocyanates is 1. The fourth-order valence-corrected chi connectivity index (χ4v) is 4.60. The Morgan fingerprint density at radius 1 is 1.04 bits per heavy atom. The van der Waals surface area contributed by atoms with Crippen LogP contribution in [0.4, 0.5) is 4.79 Å². The number of benzene rings is 1. The van der Waals surface area contributed by atoms with Crippen LogP contribution >= 0.6 is 0 Å². The minimum atomic E-state index is -0.415. The first-order valence-electron chi connectivity index (χ1n) is 10.4. The molecule has 0 spiro atoms.